The predicted molar refractivity (Wildman–Crippen MR) is 77.4 cm³/mol. The monoisotopic (exact) mass is 306 g/mol. The standard InChI is InChI=1S/C15H12ClFN2O2/c16-11-4-12(17)6-13(5-11)19-2-1-9-3-14(15(20)21)18-7-10(9)8-19/h3-7H,1-2,8H2,(H,20,21). The number of hydrogen-bond donors (Lipinski definition) is 1. The first kappa shape index (κ1) is 13.8. The van der Waals surface area contributed by atoms with Crippen LogP contribution in [-0.2, 0) is 13.0 Å². The van der Waals surface area contributed by atoms with Crippen LogP contribution in [0.3, 0.4) is 0 Å². The van der Waals surface area contributed by atoms with Crippen LogP contribution in [0.1, 0.15) is 21.6 Å². The summed E-state index contributed by atoms with van der Waals surface area (Å²) in [6.45, 7) is 1.23. The first-order valence-corrected chi connectivity index (χ1v) is 6.83. The number of pyridine rings is 1. The molecule has 0 aliphatic carbocycles. The van der Waals surface area contributed by atoms with Gasteiger partial charge in [-0.1, -0.05) is 11.6 Å². The Morgan fingerprint density at radius 1 is 1.29 bits per heavy atom. The Hall–Kier alpha value is -2.14. The number of fused-ring (bicyclic) bond motifs is 1. The molecule has 0 spiro atoms. The van der Waals surface area contributed by atoms with E-state index in [1.807, 2.05) is 4.90 Å². The summed E-state index contributed by atoms with van der Waals surface area (Å²) in [6.07, 6.45) is 2.26. The highest BCUT2D eigenvalue weighted by molar-refractivity contribution is 6.30. The summed E-state index contributed by atoms with van der Waals surface area (Å²) in [5.74, 6) is -1.40. The number of rotatable bonds is 2. The molecule has 0 radical (unpaired) electrons. The molecule has 2 aromatic rings. The van der Waals surface area contributed by atoms with E-state index in [9.17, 15) is 9.18 Å². The van der Waals surface area contributed by atoms with E-state index < -0.39 is 5.97 Å². The highest BCUT2D eigenvalue weighted by atomic mass is 35.5. The number of aromatic carboxylic acids is 1. The zero-order valence-electron chi connectivity index (χ0n) is 11.0. The highest BCUT2D eigenvalue weighted by Crippen LogP contribution is 2.27. The molecule has 0 fully saturated rings. The second kappa shape index (κ2) is 5.33. The van der Waals surface area contributed by atoms with E-state index in [1.54, 1.807) is 18.3 Å². The third-order valence-electron chi connectivity index (χ3n) is 3.53. The van der Waals surface area contributed by atoms with Crippen molar-refractivity contribution in [3.63, 3.8) is 0 Å². The summed E-state index contributed by atoms with van der Waals surface area (Å²) in [5, 5.41) is 9.30. The largest absolute Gasteiger partial charge is 0.477 e. The Bertz CT molecular complexity index is 701. The molecule has 0 bridgehead atoms. The molecule has 1 aliphatic rings. The van der Waals surface area contributed by atoms with Gasteiger partial charge in [-0.3, -0.25) is 0 Å². The van der Waals surface area contributed by atoms with Crippen LogP contribution < -0.4 is 4.90 Å². The van der Waals surface area contributed by atoms with Crippen molar-refractivity contribution in [1.82, 2.24) is 4.98 Å². The summed E-state index contributed by atoms with van der Waals surface area (Å²) in [5.41, 5.74) is 2.69. The van der Waals surface area contributed by atoms with Gasteiger partial charge in [-0.05, 0) is 41.8 Å². The van der Waals surface area contributed by atoms with Gasteiger partial charge in [0.15, 0.2) is 0 Å². The molecule has 1 aromatic carbocycles. The van der Waals surface area contributed by atoms with E-state index in [-0.39, 0.29) is 11.5 Å². The van der Waals surface area contributed by atoms with Gasteiger partial charge >= 0.3 is 5.97 Å². The molecule has 6 heteroatoms. The lowest BCUT2D eigenvalue weighted by Crippen LogP contribution is -2.30. The molecule has 0 unspecified atom stereocenters. The summed E-state index contributed by atoms with van der Waals surface area (Å²) in [6, 6.07) is 6.03. The second-order valence-electron chi connectivity index (χ2n) is 4.94. The topological polar surface area (TPSA) is 53.4 Å². The lowest BCUT2D eigenvalue weighted by atomic mass is 10.0. The zero-order chi connectivity index (χ0) is 15.0. The van der Waals surface area contributed by atoms with Crippen molar-refractivity contribution < 1.29 is 14.3 Å². The van der Waals surface area contributed by atoms with Crippen molar-refractivity contribution in [1.29, 1.82) is 0 Å². The van der Waals surface area contributed by atoms with Crippen LogP contribution in [0.4, 0.5) is 10.1 Å². The lowest BCUT2D eigenvalue weighted by Gasteiger charge is -2.30. The summed E-state index contributed by atoms with van der Waals surface area (Å²) in [4.78, 5) is 16.8. The fourth-order valence-corrected chi connectivity index (χ4v) is 2.72. The number of nitrogens with zero attached hydrogens (tertiary/aromatic N) is 2. The van der Waals surface area contributed by atoms with E-state index >= 15 is 0 Å². The Kier molecular flexibility index (Phi) is 3.51. The quantitative estimate of drug-likeness (QED) is 0.926. The van der Waals surface area contributed by atoms with E-state index in [4.69, 9.17) is 16.7 Å². The molecule has 1 N–H and O–H groups in total. The molecule has 4 nitrogen and oxygen atoms in total. The predicted octanol–water partition coefficient (Wildman–Crippen LogP) is 3.14. The number of carboxylic acid groups (broad SMARTS) is 1. The van der Waals surface area contributed by atoms with Crippen LogP contribution in [0, 0.1) is 5.82 Å². The van der Waals surface area contributed by atoms with Gasteiger partial charge in [0.25, 0.3) is 0 Å². The van der Waals surface area contributed by atoms with Gasteiger partial charge in [0.05, 0.1) is 0 Å². The fraction of sp³-hybridized carbons (Fsp3) is 0.200. The average Bonchev–Trinajstić information content (AvgIpc) is 2.45. The van der Waals surface area contributed by atoms with Crippen LogP contribution in [0.5, 0.6) is 0 Å². The van der Waals surface area contributed by atoms with Gasteiger partial charge in [-0.15, -0.1) is 0 Å². The lowest BCUT2D eigenvalue weighted by molar-refractivity contribution is 0.0690. The van der Waals surface area contributed by atoms with Crippen molar-refractivity contribution in [2.45, 2.75) is 13.0 Å². The Morgan fingerprint density at radius 2 is 2.10 bits per heavy atom. The van der Waals surface area contributed by atoms with Crippen molar-refractivity contribution in [3.8, 4) is 0 Å². The second-order valence-corrected chi connectivity index (χ2v) is 5.38. The van der Waals surface area contributed by atoms with E-state index in [2.05, 4.69) is 4.98 Å². The maximum Gasteiger partial charge on any atom is 0.354 e. The van der Waals surface area contributed by atoms with Gasteiger partial charge in [0.2, 0.25) is 0 Å². The molecule has 1 aromatic heterocycles. The molecule has 0 amide bonds. The highest BCUT2D eigenvalue weighted by Gasteiger charge is 2.19. The summed E-state index contributed by atoms with van der Waals surface area (Å²) in [7, 11) is 0. The molecular formula is C15H12ClFN2O2. The molecule has 0 saturated carbocycles. The van der Waals surface area contributed by atoms with Crippen molar-refractivity contribution in [2.24, 2.45) is 0 Å². The van der Waals surface area contributed by atoms with E-state index in [0.29, 0.717) is 30.2 Å². The number of aromatic nitrogens is 1. The van der Waals surface area contributed by atoms with Crippen LogP contribution in [-0.4, -0.2) is 22.6 Å². The third kappa shape index (κ3) is 2.83. The number of hydrogen-bond acceptors (Lipinski definition) is 3. The molecule has 0 saturated heterocycles. The van der Waals surface area contributed by atoms with Gasteiger partial charge in [0, 0.05) is 30.0 Å². The molecule has 3 rings (SSSR count). The number of anilines is 1. The third-order valence-corrected chi connectivity index (χ3v) is 3.74. The van der Waals surface area contributed by atoms with Crippen LogP contribution in [0.2, 0.25) is 5.02 Å². The molecule has 1 aliphatic heterocycles. The summed E-state index contributed by atoms with van der Waals surface area (Å²) < 4.78 is 13.4. The number of carbonyl (C=O) groups is 1. The first-order valence-electron chi connectivity index (χ1n) is 6.45. The van der Waals surface area contributed by atoms with Gasteiger partial charge in [-0.25, -0.2) is 14.2 Å². The smallest absolute Gasteiger partial charge is 0.354 e. The van der Waals surface area contributed by atoms with Crippen LogP contribution >= 0.6 is 11.6 Å². The molecule has 108 valence electrons. The van der Waals surface area contributed by atoms with Crippen molar-refractivity contribution in [2.75, 3.05) is 11.4 Å². The minimum absolute atomic E-state index is 0.0519. The molecule has 2 heterocycles. The van der Waals surface area contributed by atoms with Crippen molar-refractivity contribution in [3.05, 3.63) is 58.1 Å². The summed E-state index contributed by atoms with van der Waals surface area (Å²) >= 11 is 5.88. The van der Waals surface area contributed by atoms with Crippen molar-refractivity contribution >= 4 is 23.3 Å². The van der Waals surface area contributed by atoms with E-state index in [0.717, 1.165) is 11.1 Å². The normalized spacial score (nSPS) is 13.9. The SMILES string of the molecule is O=C(O)c1cc2c(cn1)CN(c1cc(F)cc(Cl)c1)CC2. The number of halogens is 2. The maximum absolute atomic E-state index is 13.4. The number of benzene rings is 1. The van der Waals surface area contributed by atoms with Gasteiger partial charge < -0.3 is 10.0 Å². The first-order chi connectivity index (χ1) is 10.0. The van der Waals surface area contributed by atoms with Crippen LogP contribution in [0.25, 0.3) is 0 Å². The minimum Gasteiger partial charge on any atom is -0.477 e. The Morgan fingerprint density at radius 3 is 2.81 bits per heavy atom. The molecule has 0 atom stereocenters. The van der Waals surface area contributed by atoms with Gasteiger partial charge in [0.1, 0.15) is 11.5 Å². The minimum atomic E-state index is -1.03. The van der Waals surface area contributed by atoms with Gasteiger partial charge in [-0.2, -0.15) is 0 Å². The Labute approximate surface area is 125 Å². The van der Waals surface area contributed by atoms with E-state index in [1.165, 1.54) is 12.1 Å². The molecule has 21 heavy (non-hydrogen) atoms. The number of carboxylic acids is 1. The Balaban J connectivity index is 1.89. The maximum atomic E-state index is 13.4. The van der Waals surface area contributed by atoms with Crippen LogP contribution in [0.15, 0.2) is 30.5 Å². The fourth-order valence-electron chi connectivity index (χ4n) is 2.50. The average molecular weight is 307 g/mol. The zero-order valence-corrected chi connectivity index (χ0v) is 11.8. The molecular weight excluding hydrogens is 295 g/mol.